The lowest BCUT2D eigenvalue weighted by molar-refractivity contribution is 0.0993. The standard InChI is InChI=1S/C12H13N3OS/c1-7-3-4-14-12(13)11(7)9(16)5-10-15-8(2)6-17-10/h3-4,6H,5H2,1-2H3,(H2,13,14). The molecule has 4 nitrogen and oxygen atoms in total. The fraction of sp³-hybridized carbons (Fsp3) is 0.250. The first kappa shape index (κ1) is 11.7. The van der Waals surface area contributed by atoms with E-state index in [4.69, 9.17) is 5.73 Å². The SMILES string of the molecule is Cc1csc(CC(=O)c2c(C)ccnc2N)n1. The van der Waals surface area contributed by atoms with Crippen molar-refractivity contribution in [2.24, 2.45) is 0 Å². The number of pyridine rings is 1. The maximum atomic E-state index is 12.1. The van der Waals surface area contributed by atoms with Gasteiger partial charge < -0.3 is 5.73 Å². The van der Waals surface area contributed by atoms with Crippen molar-refractivity contribution >= 4 is 22.9 Å². The number of nitrogens with zero attached hydrogens (tertiary/aromatic N) is 2. The third kappa shape index (κ3) is 2.50. The largest absolute Gasteiger partial charge is 0.383 e. The van der Waals surface area contributed by atoms with Crippen LogP contribution in [0.3, 0.4) is 0 Å². The van der Waals surface area contributed by atoms with Gasteiger partial charge in [-0.1, -0.05) is 0 Å². The summed E-state index contributed by atoms with van der Waals surface area (Å²) in [4.78, 5) is 20.3. The fourth-order valence-corrected chi connectivity index (χ4v) is 2.42. The summed E-state index contributed by atoms with van der Waals surface area (Å²) in [5.74, 6) is 0.269. The second-order valence-corrected chi connectivity index (χ2v) is 4.81. The average Bonchev–Trinajstić information content (AvgIpc) is 2.63. The lowest BCUT2D eigenvalue weighted by Gasteiger charge is -2.05. The molecule has 0 saturated carbocycles. The minimum Gasteiger partial charge on any atom is -0.383 e. The average molecular weight is 247 g/mol. The number of aryl methyl sites for hydroxylation is 2. The zero-order valence-corrected chi connectivity index (χ0v) is 10.5. The molecule has 2 aromatic rings. The molecule has 0 atom stereocenters. The highest BCUT2D eigenvalue weighted by Crippen LogP contribution is 2.18. The zero-order valence-electron chi connectivity index (χ0n) is 9.73. The van der Waals surface area contributed by atoms with Crippen LogP contribution in [0.4, 0.5) is 5.82 Å². The van der Waals surface area contributed by atoms with E-state index in [-0.39, 0.29) is 12.2 Å². The van der Waals surface area contributed by atoms with Crippen LogP contribution < -0.4 is 5.73 Å². The number of rotatable bonds is 3. The number of hydrogen-bond donors (Lipinski definition) is 1. The number of hydrogen-bond acceptors (Lipinski definition) is 5. The van der Waals surface area contributed by atoms with E-state index in [9.17, 15) is 4.79 Å². The van der Waals surface area contributed by atoms with Crippen LogP contribution in [-0.4, -0.2) is 15.8 Å². The highest BCUT2D eigenvalue weighted by atomic mass is 32.1. The summed E-state index contributed by atoms with van der Waals surface area (Å²) in [6.07, 6.45) is 1.89. The van der Waals surface area contributed by atoms with Gasteiger partial charge in [-0.05, 0) is 25.5 Å². The quantitative estimate of drug-likeness (QED) is 0.844. The zero-order chi connectivity index (χ0) is 12.4. The van der Waals surface area contributed by atoms with E-state index in [1.165, 1.54) is 11.3 Å². The topological polar surface area (TPSA) is 68.9 Å². The predicted molar refractivity (Wildman–Crippen MR) is 68.3 cm³/mol. The maximum absolute atomic E-state index is 12.1. The number of anilines is 1. The van der Waals surface area contributed by atoms with Gasteiger partial charge in [0.25, 0.3) is 0 Å². The molecule has 88 valence electrons. The fourth-order valence-electron chi connectivity index (χ4n) is 1.65. The van der Waals surface area contributed by atoms with Crippen LogP contribution in [0.2, 0.25) is 0 Å². The number of carbonyl (C=O) groups is 1. The summed E-state index contributed by atoms with van der Waals surface area (Å²) in [6, 6.07) is 1.79. The molecule has 5 heteroatoms. The molecule has 0 amide bonds. The highest BCUT2D eigenvalue weighted by molar-refractivity contribution is 7.09. The van der Waals surface area contributed by atoms with Crippen LogP contribution in [0.1, 0.15) is 26.6 Å². The van der Waals surface area contributed by atoms with Crippen LogP contribution in [-0.2, 0) is 6.42 Å². The van der Waals surface area contributed by atoms with Crippen LogP contribution in [0.5, 0.6) is 0 Å². The van der Waals surface area contributed by atoms with E-state index in [1.54, 1.807) is 12.3 Å². The molecule has 0 unspecified atom stereocenters. The van der Waals surface area contributed by atoms with Crippen molar-refractivity contribution in [3.05, 3.63) is 39.5 Å². The summed E-state index contributed by atoms with van der Waals surface area (Å²) in [5, 5.41) is 2.75. The predicted octanol–water partition coefficient (Wildman–Crippen LogP) is 2.16. The minimum atomic E-state index is -0.0255. The van der Waals surface area contributed by atoms with Crippen molar-refractivity contribution in [3.63, 3.8) is 0 Å². The van der Waals surface area contributed by atoms with E-state index >= 15 is 0 Å². The Labute approximate surface area is 104 Å². The first-order valence-electron chi connectivity index (χ1n) is 5.23. The van der Waals surface area contributed by atoms with Crippen molar-refractivity contribution in [2.45, 2.75) is 20.3 Å². The van der Waals surface area contributed by atoms with Gasteiger partial charge in [0.2, 0.25) is 0 Å². The lowest BCUT2D eigenvalue weighted by Crippen LogP contribution is -2.10. The maximum Gasteiger partial charge on any atom is 0.173 e. The number of ketones is 1. The highest BCUT2D eigenvalue weighted by Gasteiger charge is 2.15. The van der Waals surface area contributed by atoms with Crippen LogP contribution in [0.15, 0.2) is 17.6 Å². The van der Waals surface area contributed by atoms with Crippen molar-refractivity contribution in [1.82, 2.24) is 9.97 Å². The molecule has 17 heavy (non-hydrogen) atoms. The van der Waals surface area contributed by atoms with Crippen molar-refractivity contribution < 1.29 is 4.79 Å². The Kier molecular flexibility index (Phi) is 3.19. The van der Waals surface area contributed by atoms with Crippen LogP contribution in [0, 0.1) is 13.8 Å². The van der Waals surface area contributed by atoms with Gasteiger partial charge in [-0.15, -0.1) is 11.3 Å². The Morgan fingerprint density at radius 2 is 2.24 bits per heavy atom. The molecule has 0 fully saturated rings. The molecule has 2 heterocycles. The number of aromatic nitrogens is 2. The first-order valence-corrected chi connectivity index (χ1v) is 6.11. The summed E-state index contributed by atoms with van der Waals surface area (Å²) >= 11 is 1.49. The van der Waals surface area contributed by atoms with E-state index in [0.717, 1.165) is 16.3 Å². The number of carbonyl (C=O) groups excluding carboxylic acids is 1. The Balaban J connectivity index is 2.26. The van der Waals surface area contributed by atoms with E-state index in [1.807, 2.05) is 19.2 Å². The molecule has 0 bridgehead atoms. The molecule has 2 N–H and O–H groups in total. The third-order valence-electron chi connectivity index (χ3n) is 2.45. The second-order valence-electron chi connectivity index (χ2n) is 3.87. The minimum absolute atomic E-state index is 0.0255. The van der Waals surface area contributed by atoms with Crippen LogP contribution >= 0.6 is 11.3 Å². The normalized spacial score (nSPS) is 10.5. The number of nitrogen functional groups attached to an aromatic ring is 1. The summed E-state index contributed by atoms with van der Waals surface area (Å²) in [6.45, 7) is 3.77. The molecule has 0 aromatic carbocycles. The molecule has 0 radical (unpaired) electrons. The van der Waals surface area contributed by atoms with Crippen molar-refractivity contribution in [1.29, 1.82) is 0 Å². The molecule has 0 aliphatic rings. The van der Waals surface area contributed by atoms with Gasteiger partial charge >= 0.3 is 0 Å². The number of Topliss-reactive ketones (excluding diaryl/α,β-unsaturated/α-hetero) is 1. The summed E-state index contributed by atoms with van der Waals surface area (Å²) < 4.78 is 0. The lowest BCUT2D eigenvalue weighted by atomic mass is 10.0. The molecule has 0 spiro atoms. The van der Waals surface area contributed by atoms with Crippen molar-refractivity contribution in [2.75, 3.05) is 5.73 Å². The Bertz CT molecular complexity index is 542. The van der Waals surface area contributed by atoms with E-state index in [0.29, 0.717) is 11.4 Å². The van der Waals surface area contributed by atoms with Crippen molar-refractivity contribution in [3.8, 4) is 0 Å². The van der Waals surface area contributed by atoms with Gasteiger partial charge in [0.1, 0.15) is 10.8 Å². The van der Waals surface area contributed by atoms with Gasteiger partial charge in [-0.3, -0.25) is 4.79 Å². The molecule has 2 aromatic heterocycles. The smallest absolute Gasteiger partial charge is 0.173 e. The van der Waals surface area contributed by atoms with Gasteiger partial charge in [-0.25, -0.2) is 9.97 Å². The Morgan fingerprint density at radius 1 is 1.47 bits per heavy atom. The summed E-state index contributed by atoms with van der Waals surface area (Å²) in [5.41, 5.74) is 8.04. The molecular formula is C12H13N3OS. The van der Waals surface area contributed by atoms with Gasteiger partial charge in [0.15, 0.2) is 5.78 Å². The van der Waals surface area contributed by atoms with E-state index in [2.05, 4.69) is 9.97 Å². The van der Waals surface area contributed by atoms with Gasteiger partial charge in [-0.2, -0.15) is 0 Å². The number of nitrogens with two attached hydrogens (primary N) is 1. The van der Waals surface area contributed by atoms with Gasteiger partial charge in [0.05, 0.1) is 12.0 Å². The monoisotopic (exact) mass is 247 g/mol. The second kappa shape index (κ2) is 4.63. The Hall–Kier alpha value is -1.75. The molecule has 0 aliphatic carbocycles. The third-order valence-corrected chi connectivity index (χ3v) is 3.41. The van der Waals surface area contributed by atoms with Crippen LogP contribution in [0.25, 0.3) is 0 Å². The summed E-state index contributed by atoms with van der Waals surface area (Å²) in [7, 11) is 0. The first-order chi connectivity index (χ1) is 8.08. The molecular weight excluding hydrogens is 234 g/mol. The van der Waals surface area contributed by atoms with Gasteiger partial charge in [0, 0.05) is 17.3 Å². The Morgan fingerprint density at radius 3 is 2.82 bits per heavy atom. The van der Waals surface area contributed by atoms with E-state index < -0.39 is 0 Å². The molecule has 0 aliphatic heterocycles. The molecule has 2 rings (SSSR count). The number of thiazole rings is 1. The molecule has 0 saturated heterocycles.